The van der Waals surface area contributed by atoms with E-state index in [-0.39, 0.29) is 23.3 Å². The van der Waals surface area contributed by atoms with Crippen LogP contribution in [-0.4, -0.2) is 50.7 Å². The Balaban J connectivity index is 2.47. The second kappa shape index (κ2) is 6.53. The summed E-state index contributed by atoms with van der Waals surface area (Å²) in [4.78, 5) is 14.3. The lowest BCUT2D eigenvalue weighted by Crippen LogP contribution is -2.49. The van der Waals surface area contributed by atoms with Gasteiger partial charge in [0.1, 0.15) is 0 Å². The Morgan fingerprint density at radius 3 is 2.67 bits per heavy atom. The molecule has 0 aliphatic carbocycles. The van der Waals surface area contributed by atoms with Gasteiger partial charge in [0.25, 0.3) is 0 Å². The molecule has 1 aliphatic rings. The van der Waals surface area contributed by atoms with Crippen molar-refractivity contribution in [1.29, 1.82) is 0 Å². The van der Waals surface area contributed by atoms with Crippen LogP contribution in [0.25, 0.3) is 0 Å². The molecule has 4 heteroatoms. The lowest BCUT2D eigenvalue weighted by atomic mass is 9.84. The van der Waals surface area contributed by atoms with Crippen molar-refractivity contribution >= 4 is 5.91 Å². The maximum atomic E-state index is 12.1. The largest absolute Gasteiger partial charge is 0.381 e. The number of rotatable bonds is 5. The van der Waals surface area contributed by atoms with Crippen molar-refractivity contribution in [1.82, 2.24) is 10.2 Å². The topological polar surface area (TPSA) is 41.6 Å². The number of carbonyl (C=O) groups is 1. The molecule has 0 saturated carbocycles. The van der Waals surface area contributed by atoms with Gasteiger partial charge in [-0.2, -0.15) is 0 Å². The first-order valence-corrected chi connectivity index (χ1v) is 6.86. The van der Waals surface area contributed by atoms with E-state index in [1.807, 2.05) is 0 Å². The summed E-state index contributed by atoms with van der Waals surface area (Å²) in [7, 11) is 4.12. The monoisotopic (exact) mass is 256 g/mol. The first-order valence-electron chi connectivity index (χ1n) is 6.86. The highest BCUT2D eigenvalue weighted by molar-refractivity contribution is 5.79. The Morgan fingerprint density at radius 2 is 2.17 bits per heavy atom. The van der Waals surface area contributed by atoms with Crippen LogP contribution in [0.1, 0.15) is 33.6 Å². The van der Waals surface area contributed by atoms with Crippen molar-refractivity contribution in [3.63, 3.8) is 0 Å². The summed E-state index contributed by atoms with van der Waals surface area (Å²) in [6.45, 7) is 8.80. The van der Waals surface area contributed by atoms with E-state index in [0.717, 1.165) is 26.0 Å². The van der Waals surface area contributed by atoms with Crippen LogP contribution in [0.3, 0.4) is 0 Å². The highest BCUT2D eigenvalue weighted by Crippen LogP contribution is 2.22. The lowest BCUT2D eigenvalue weighted by molar-refractivity contribution is -0.130. The van der Waals surface area contributed by atoms with Gasteiger partial charge in [0.2, 0.25) is 5.91 Å². The van der Waals surface area contributed by atoms with Gasteiger partial charge in [0.15, 0.2) is 0 Å². The van der Waals surface area contributed by atoms with Crippen molar-refractivity contribution in [2.45, 2.75) is 39.7 Å². The van der Waals surface area contributed by atoms with Gasteiger partial charge in [-0.05, 0) is 39.3 Å². The van der Waals surface area contributed by atoms with Gasteiger partial charge in [0.05, 0.1) is 12.5 Å². The zero-order valence-electron chi connectivity index (χ0n) is 12.5. The van der Waals surface area contributed by atoms with E-state index in [9.17, 15) is 4.79 Å². The minimum atomic E-state index is 0.0383. The highest BCUT2D eigenvalue weighted by Gasteiger charge is 2.30. The van der Waals surface area contributed by atoms with Crippen LogP contribution in [0.15, 0.2) is 0 Å². The van der Waals surface area contributed by atoms with Crippen molar-refractivity contribution < 1.29 is 9.53 Å². The van der Waals surface area contributed by atoms with Crippen LogP contribution < -0.4 is 5.32 Å². The molecule has 0 aromatic carbocycles. The summed E-state index contributed by atoms with van der Waals surface area (Å²) < 4.78 is 5.37. The fraction of sp³-hybridized carbons (Fsp3) is 0.929. The lowest BCUT2D eigenvalue weighted by Gasteiger charge is -2.36. The van der Waals surface area contributed by atoms with Gasteiger partial charge >= 0.3 is 0 Å². The smallest absolute Gasteiger partial charge is 0.225 e. The maximum Gasteiger partial charge on any atom is 0.225 e. The average molecular weight is 256 g/mol. The SMILES string of the molecule is CC(NC(=O)C1CCCOC1)C(C)(C)CN(C)C. The van der Waals surface area contributed by atoms with Crippen molar-refractivity contribution in [3.8, 4) is 0 Å². The summed E-state index contributed by atoms with van der Waals surface area (Å²) in [6.07, 6.45) is 1.94. The molecule has 2 atom stereocenters. The molecule has 1 aliphatic heterocycles. The average Bonchev–Trinajstić information content (AvgIpc) is 2.28. The number of hydrogen-bond donors (Lipinski definition) is 1. The van der Waals surface area contributed by atoms with Crippen LogP contribution in [0.5, 0.6) is 0 Å². The number of amides is 1. The van der Waals surface area contributed by atoms with E-state index < -0.39 is 0 Å². The van der Waals surface area contributed by atoms with Crippen molar-refractivity contribution in [3.05, 3.63) is 0 Å². The molecule has 18 heavy (non-hydrogen) atoms. The van der Waals surface area contributed by atoms with Gasteiger partial charge in [0, 0.05) is 19.2 Å². The molecule has 1 amide bonds. The molecule has 0 aromatic rings. The zero-order chi connectivity index (χ0) is 13.8. The molecular weight excluding hydrogens is 228 g/mol. The van der Waals surface area contributed by atoms with E-state index >= 15 is 0 Å². The minimum Gasteiger partial charge on any atom is -0.381 e. The van der Waals surface area contributed by atoms with E-state index in [2.05, 4.69) is 45.1 Å². The summed E-state index contributed by atoms with van der Waals surface area (Å²) >= 11 is 0. The number of nitrogens with one attached hydrogen (secondary N) is 1. The third-order valence-corrected chi connectivity index (χ3v) is 3.79. The van der Waals surface area contributed by atoms with Gasteiger partial charge in [-0.25, -0.2) is 0 Å². The Morgan fingerprint density at radius 1 is 1.50 bits per heavy atom. The van der Waals surface area contributed by atoms with E-state index in [0.29, 0.717) is 6.61 Å². The molecule has 1 fully saturated rings. The Labute approximate surface area is 111 Å². The van der Waals surface area contributed by atoms with Crippen LogP contribution >= 0.6 is 0 Å². The fourth-order valence-corrected chi connectivity index (χ4v) is 2.43. The highest BCUT2D eigenvalue weighted by atomic mass is 16.5. The molecule has 1 rings (SSSR count). The number of ether oxygens (including phenoxy) is 1. The first kappa shape index (κ1) is 15.4. The summed E-state index contributed by atoms with van der Waals surface area (Å²) in [5.41, 5.74) is 0.0642. The predicted octanol–water partition coefficient (Wildman–Crippen LogP) is 1.51. The number of carbonyl (C=O) groups excluding carboxylic acids is 1. The van der Waals surface area contributed by atoms with Gasteiger partial charge in [-0.1, -0.05) is 13.8 Å². The molecule has 0 aromatic heterocycles. The quantitative estimate of drug-likeness (QED) is 0.810. The predicted molar refractivity (Wildman–Crippen MR) is 73.5 cm³/mol. The number of nitrogens with zero attached hydrogens (tertiary/aromatic N) is 1. The van der Waals surface area contributed by atoms with E-state index in [1.165, 1.54) is 0 Å². The minimum absolute atomic E-state index is 0.0383. The van der Waals surface area contributed by atoms with Crippen molar-refractivity contribution in [2.24, 2.45) is 11.3 Å². The standard InChI is InChI=1S/C14H28N2O2/c1-11(14(2,3)10-16(4)5)15-13(17)12-7-6-8-18-9-12/h11-12H,6-10H2,1-5H3,(H,15,17). The van der Waals surface area contributed by atoms with E-state index in [1.54, 1.807) is 0 Å². The van der Waals surface area contributed by atoms with Gasteiger partial charge < -0.3 is 15.0 Å². The molecule has 0 spiro atoms. The Hall–Kier alpha value is -0.610. The molecule has 0 bridgehead atoms. The Kier molecular flexibility index (Phi) is 5.60. The fourth-order valence-electron chi connectivity index (χ4n) is 2.43. The number of hydrogen-bond acceptors (Lipinski definition) is 3. The molecule has 106 valence electrons. The normalized spacial score (nSPS) is 22.9. The van der Waals surface area contributed by atoms with Crippen LogP contribution in [-0.2, 0) is 9.53 Å². The molecule has 1 N–H and O–H groups in total. The third kappa shape index (κ3) is 4.58. The van der Waals surface area contributed by atoms with Crippen molar-refractivity contribution in [2.75, 3.05) is 33.9 Å². The van der Waals surface area contributed by atoms with Crippen LogP contribution in [0.2, 0.25) is 0 Å². The first-order chi connectivity index (χ1) is 8.33. The van der Waals surface area contributed by atoms with Crippen LogP contribution in [0.4, 0.5) is 0 Å². The van der Waals surface area contributed by atoms with Gasteiger partial charge in [-0.3, -0.25) is 4.79 Å². The summed E-state index contributed by atoms with van der Waals surface area (Å²) in [6, 6.07) is 0.161. The third-order valence-electron chi connectivity index (χ3n) is 3.79. The summed E-state index contributed by atoms with van der Waals surface area (Å²) in [5.74, 6) is 0.186. The van der Waals surface area contributed by atoms with Gasteiger partial charge in [-0.15, -0.1) is 0 Å². The second-order valence-corrected chi connectivity index (χ2v) is 6.37. The maximum absolute atomic E-state index is 12.1. The van der Waals surface area contributed by atoms with E-state index in [4.69, 9.17) is 4.74 Å². The molecule has 0 radical (unpaired) electrons. The second-order valence-electron chi connectivity index (χ2n) is 6.37. The summed E-state index contributed by atoms with van der Waals surface area (Å²) in [5, 5.41) is 3.15. The Bertz CT molecular complexity index is 271. The molecule has 4 nitrogen and oxygen atoms in total. The molecule has 1 saturated heterocycles. The molecular formula is C14H28N2O2. The van der Waals surface area contributed by atoms with Crippen LogP contribution in [0, 0.1) is 11.3 Å². The zero-order valence-corrected chi connectivity index (χ0v) is 12.5. The molecule has 2 unspecified atom stereocenters. The molecule has 1 heterocycles.